The summed E-state index contributed by atoms with van der Waals surface area (Å²) in [4.78, 5) is 13.3. The number of methoxy groups -OCH3 is 1. The molecule has 0 aliphatic heterocycles. The third-order valence-electron chi connectivity index (χ3n) is 3.74. The molecule has 3 N–H and O–H groups in total. The number of para-hydroxylation sites is 1. The van der Waals surface area contributed by atoms with E-state index in [2.05, 4.69) is 28.2 Å². The van der Waals surface area contributed by atoms with E-state index in [0.29, 0.717) is 6.54 Å². The molecule has 2 aromatic carbocycles. The number of nitrogens with one attached hydrogen (secondary N) is 1. The van der Waals surface area contributed by atoms with Crippen LogP contribution in [0.5, 0.6) is 5.75 Å². The van der Waals surface area contributed by atoms with E-state index in [0.717, 1.165) is 26.4 Å². The van der Waals surface area contributed by atoms with Gasteiger partial charge in [0.2, 0.25) is 0 Å². The third kappa shape index (κ3) is 5.00. The monoisotopic (exact) mass is 409 g/mol. The lowest BCUT2D eigenvalue weighted by Crippen LogP contribution is -2.86. The Morgan fingerprint density at radius 3 is 2.75 bits per heavy atom. The van der Waals surface area contributed by atoms with Gasteiger partial charge in [0.05, 0.1) is 17.3 Å². The van der Waals surface area contributed by atoms with Crippen LogP contribution in [0.3, 0.4) is 0 Å². The Morgan fingerprint density at radius 1 is 1.33 bits per heavy atom. The molecule has 0 unspecified atom stereocenters. The number of anilines is 1. The maximum Gasteiger partial charge on any atom is 0.279 e. The number of carbonyl (C=O) groups is 1. The summed E-state index contributed by atoms with van der Waals surface area (Å²) in [6.07, 6.45) is 2.00. The predicted octanol–water partition coefficient (Wildman–Crippen LogP) is 3.44. The molecule has 0 fully saturated rings. The van der Waals surface area contributed by atoms with Crippen molar-refractivity contribution in [1.82, 2.24) is 0 Å². The van der Waals surface area contributed by atoms with Crippen molar-refractivity contribution in [1.29, 1.82) is 0 Å². The molecule has 0 saturated carbocycles. The first-order chi connectivity index (χ1) is 11.5. The Balaban J connectivity index is 1.92. The first kappa shape index (κ1) is 18.8. The van der Waals surface area contributed by atoms with Gasteiger partial charge in [0, 0.05) is 10.5 Å². The molecule has 0 radical (unpaired) electrons. The van der Waals surface area contributed by atoms with Crippen LogP contribution in [0, 0.1) is 0 Å². The average molecular weight is 410 g/mol. The maximum absolute atomic E-state index is 12.2. The van der Waals surface area contributed by atoms with Crippen molar-refractivity contribution in [3.8, 4) is 5.75 Å². The van der Waals surface area contributed by atoms with Gasteiger partial charge in [0.1, 0.15) is 11.8 Å². The van der Waals surface area contributed by atoms with Crippen LogP contribution in [0.1, 0.15) is 18.5 Å². The number of hydrogen-bond acceptors (Lipinski definition) is 3. The molecule has 2 aromatic rings. The highest BCUT2D eigenvalue weighted by Gasteiger charge is 2.14. The summed E-state index contributed by atoms with van der Waals surface area (Å²) in [6, 6.07) is 14.0. The molecule has 1 atom stereocenters. The van der Waals surface area contributed by atoms with Gasteiger partial charge >= 0.3 is 0 Å². The molecule has 4 nitrogen and oxygen atoms in total. The first-order valence-electron chi connectivity index (χ1n) is 7.64. The summed E-state index contributed by atoms with van der Waals surface area (Å²) in [5, 5.41) is 5.00. The topological polar surface area (TPSA) is 54.9 Å². The molecule has 2 rings (SSSR count). The maximum atomic E-state index is 12.2. The minimum Gasteiger partial charge on any atom is -0.496 e. The Morgan fingerprint density at radius 2 is 2.08 bits per heavy atom. The van der Waals surface area contributed by atoms with E-state index < -0.39 is 0 Å². The molecule has 6 heteroatoms. The highest BCUT2D eigenvalue weighted by molar-refractivity contribution is 9.10. The van der Waals surface area contributed by atoms with E-state index in [1.165, 1.54) is 0 Å². The van der Waals surface area contributed by atoms with Gasteiger partial charge in [0.15, 0.2) is 6.54 Å². The van der Waals surface area contributed by atoms with Crippen LogP contribution >= 0.6 is 27.7 Å². The van der Waals surface area contributed by atoms with Crippen LogP contribution in [-0.4, -0.2) is 25.8 Å². The molecular formula is C18H22BrN2O2S+. The number of amides is 1. The predicted molar refractivity (Wildman–Crippen MR) is 103 cm³/mol. The Bertz CT molecular complexity index is 709. The standard InChI is InChI=1S/C18H21BrN2O2S/c1-12(13-8-9-16(23-2)14(19)10-13)20-11-18(22)21-15-6-4-5-7-17(15)24-3/h4-10,12,20H,11H2,1-3H3,(H,21,22)/p+1/t12-/m0/s1. The van der Waals surface area contributed by atoms with Crippen LogP contribution in [0.25, 0.3) is 0 Å². The Labute approximate surface area is 155 Å². The summed E-state index contributed by atoms with van der Waals surface area (Å²) < 4.78 is 6.16. The summed E-state index contributed by atoms with van der Waals surface area (Å²) in [7, 11) is 1.64. The number of ether oxygens (including phenoxy) is 1. The van der Waals surface area contributed by atoms with Crippen molar-refractivity contribution in [2.45, 2.75) is 17.9 Å². The summed E-state index contributed by atoms with van der Waals surface area (Å²) >= 11 is 5.12. The van der Waals surface area contributed by atoms with Crippen LogP contribution in [0.4, 0.5) is 5.69 Å². The number of nitrogens with two attached hydrogens (primary N) is 1. The summed E-state index contributed by atoms with van der Waals surface area (Å²) in [5.41, 5.74) is 2.00. The third-order valence-corrected chi connectivity index (χ3v) is 5.16. The number of halogens is 1. The smallest absolute Gasteiger partial charge is 0.279 e. The van der Waals surface area contributed by atoms with Gasteiger partial charge < -0.3 is 15.4 Å². The Hall–Kier alpha value is -1.50. The quantitative estimate of drug-likeness (QED) is 0.688. The number of rotatable bonds is 7. The van der Waals surface area contributed by atoms with Crippen LogP contribution in [0.2, 0.25) is 0 Å². The first-order valence-corrected chi connectivity index (χ1v) is 9.66. The molecule has 0 aromatic heterocycles. The van der Waals surface area contributed by atoms with E-state index in [1.54, 1.807) is 18.9 Å². The SMILES string of the molecule is COc1ccc([C@H](C)[NH2+]CC(=O)Nc2ccccc2SC)cc1Br. The van der Waals surface area contributed by atoms with E-state index >= 15 is 0 Å². The minimum atomic E-state index is -0.00377. The zero-order valence-corrected chi connectivity index (χ0v) is 16.4. The van der Waals surface area contributed by atoms with E-state index in [1.807, 2.05) is 54.0 Å². The van der Waals surface area contributed by atoms with Crippen LogP contribution in [-0.2, 0) is 4.79 Å². The van der Waals surface area contributed by atoms with Gasteiger partial charge in [-0.3, -0.25) is 4.79 Å². The molecule has 24 heavy (non-hydrogen) atoms. The van der Waals surface area contributed by atoms with Crippen molar-refractivity contribution in [3.63, 3.8) is 0 Å². The normalized spacial score (nSPS) is 11.8. The number of benzene rings is 2. The van der Waals surface area contributed by atoms with Crippen molar-refractivity contribution >= 4 is 39.3 Å². The average Bonchev–Trinajstić information content (AvgIpc) is 2.60. The minimum absolute atomic E-state index is 0.00377. The summed E-state index contributed by atoms with van der Waals surface area (Å²) in [6.45, 7) is 2.45. The summed E-state index contributed by atoms with van der Waals surface area (Å²) in [5.74, 6) is 0.799. The molecule has 0 spiro atoms. The van der Waals surface area contributed by atoms with Crippen molar-refractivity contribution < 1.29 is 14.8 Å². The van der Waals surface area contributed by atoms with Crippen LogP contribution < -0.4 is 15.4 Å². The number of hydrogen-bond donors (Lipinski definition) is 2. The Kier molecular flexibility index (Phi) is 7.15. The highest BCUT2D eigenvalue weighted by atomic mass is 79.9. The lowest BCUT2D eigenvalue weighted by Gasteiger charge is -2.13. The second-order valence-electron chi connectivity index (χ2n) is 5.37. The van der Waals surface area contributed by atoms with Gasteiger partial charge in [-0.25, -0.2) is 0 Å². The van der Waals surface area contributed by atoms with E-state index in [-0.39, 0.29) is 11.9 Å². The molecule has 0 bridgehead atoms. The number of carbonyl (C=O) groups excluding carboxylic acids is 1. The largest absolute Gasteiger partial charge is 0.496 e. The fourth-order valence-electron chi connectivity index (χ4n) is 2.33. The molecule has 0 aliphatic carbocycles. The molecule has 0 heterocycles. The van der Waals surface area contributed by atoms with Crippen molar-refractivity contribution in [2.75, 3.05) is 25.2 Å². The van der Waals surface area contributed by atoms with Gasteiger partial charge in [-0.15, -0.1) is 11.8 Å². The van der Waals surface area contributed by atoms with Crippen molar-refractivity contribution in [2.24, 2.45) is 0 Å². The second kappa shape index (κ2) is 9.11. The van der Waals surface area contributed by atoms with E-state index in [9.17, 15) is 4.79 Å². The molecule has 1 amide bonds. The zero-order valence-electron chi connectivity index (χ0n) is 14.0. The fourth-order valence-corrected chi connectivity index (χ4v) is 3.45. The lowest BCUT2D eigenvalue weighted by molar-refractivity contribution is -0.682. The molecular weight excluding hydrogens is 388 g/mol. The number of thioether (sulfide) groups is 1. The van der Waals surface area contributed by atoms with Gasteiger partial charge in [-0.05, 0) is 59.4 Å². The highest BCUT2D eigenvalue weighted by Crippen LogP contribution is 2.27. The van der Waals surface area contributed by atoms with Gasteiger partial charge in [-0.1, -0.05) is 12.1 Å². The van der Waals surface area contributed by atoms with Gasteiger partial charge in [-0.2, -0.15) is 0 Å². The zero-order chi connectivity index (χ0) is 17.5. The van der Waals surface area contributed by atoms with E-state index in [4.69, 9.17) is 4.74 Å². The molecule has 0 aliphatic rings. The molecule has 0 saturated heterocycles. The van der Waals surface area contributed by atoms with Crippen LogP contribution in [0.15, 0.2) is 51.8 Å². The second-order valence-corrected chi connectivity index (χ2v) is 7.07. The van der Waals surface area contributed by atoms with Crippen molar-refractivity contribution in [3.05, 3.63) is 52.5 Å². The number of quaternary nitrogens is 1. The lowest BCUT2D eigenvalue weighted by atomic mass is 10.1. The van der Waals surface area contributed by atoms with Gasteiger partial charge in [0.25, 0.3) is 5.91 Å². The molecule has 128 valence electrons. The fraction of sp³-hybridized carbons (Fsp3) is 0.278.